The van der Waals surface area contributed by atoms with Gasteiger partial charge in [0.2, 0.25) is 0 Å². The average molecular weight is 414 g/mol. The predicted molar refractivity (Wildman–Crippen MR) is 116 cm³/mol. The fraction of sp³-hybridized carbons (Fsp3) is 0.231. The highest BCUT2D eigenvalue weighted by atomic mass is 16.6. The molecule has 1 aliphatic heterocycles. The van der Waals surface area contributed by atoms with E-state index in [1.807, 2.05) is 60.7 Å². The van der Waals surface area contributed by atoms with Crippen molar-refractivity contribution in [1.29, 1.82) is 0 Å². The van der Waals surface area contributed by atoms with Gasteiger partial charge in [-0.2, -0.15) is 0 Å². The van der Waals surface area contributed by atoms with Gasteiger partial charge < -0.3 is 4.74 Å². The van der Waals surface area contributed by atoms with Gasteiger partial charge in [0.05, 0.1) is 0 Å². The van der Waals surface area contributed by atoms with Gasteiger partial charge in [0.1, 0.15) is 0 Å². The van der Waals surface area contributed by atoms with Crippen molar-refractivity contribution >= 4 is 34.1 Å². The molecule has 0 N–H and O–H groups in total. The summed E-state index contributed by atoms with van der Waals surface area (Å²) >= 11 is 0. The summed E-state index contributed by atoms with van der Waals surface area (Å²) in [7, 11) is 0. The van der Waals surface area contributed by atoms with Gasteiger partial charge in [-0.1, -0.05) is 66.7 Å². The van der Waals surface area contributed by atoms with Crippen molar-refractivity contribution in [3.8, 4) is 0 Å². The van der Waals surface area contributed by atoms with Crippen LogP contribution in [-0.4, -0.2) is 29.4 Å². The van der Waals surface area contributed by atoms with E-state index in [0.29, 0.717) is 24.0 Å². The zero-order chi connectivity index (χ0) is 22.0. The lowest BCUT2D eigenvalue weighted by Gasteiger charge is -2.12. The maximum absolute atomic E-state index is 13.0. The lowest BCUT2D eigenvalue weighted by Crippen LogP contribution is -2.29. The standard InChI is InChI=1S/C26H22O5/c1-16(27)19-13-12-18-9-5-6-10-20(18)21(19)15-22(28)24-25(29)23(31-26(24)30)14-11-17-7-3-2-4-8-17/h2-10,12-13,23-24H,11,14-15H2,1H3. The summed E-state index contributed by atoms with van der Waals surface area (Å²) in [5, 5.41) is 1.65. The van der Waals surface area contributed by atoms with Crippen molar-refractivity contribution in [1.82, 2.24) is 0 Å². The topological polar surface area (TPSA) is 77.5 Å². The maximum atomic E-state index is 13.0. The Bertz CT molecular complexity index is 1180. The summed E-state index contributed by atoms with van der Waals surface area (Å²) in [4.78, 5) is 50.4. The largest absolute Gasteiger partial charge is 0.453 e. The van der Waals surface area contributed by atoms with Gasteiger partial charge in [0, 0.05) is 12.0 Å². The summed E-state index contributed by atoms with van der Waals surface area (Å²) in [6.45, 7) is 1.44. The quantitative estimate of drug-likeness (QED) is 0.333. The molecule has 0 amide bonds. The van der Waals surface area contributed by atoms with Crippen molar-refractivity contribution in [3.05, 3.63) is 83.4 Å². The van der Waals surface area contributed by atoms with Crippen LogP contribution in [0, 0.1) is 5.92 Å². The molecule has 0 radical (unpaired) electrons. The molecule has 0 aliphatic carbocycles. The number of carbonyl (C=O) groups is 4. The van der Waals surface area contributed by atoms with Crippen LogP contribution in [0.2, 0.25) is 0 Å². The number of aryl methyl sites for hydroxylation is 1. The SMILES string of the molecule is CC(=O)c1ccc2ccccc2c1CC(=O)C1C(=O)OC(CCc2ccccc2)C1=O. The molecule has 0 bridgehead atoms. The molecule has 1 saturated heterocycles. The normalized spacial score (nSPS) is 18.2. The number of carbonyl (C=O) groups excluding carboxylic acids is 4. The molecule has 0 saturated carbocycles. The van der Waals surface area contributed by atoms with E-state index in [9.17, 15) is 19.2 Å². The van der Waals surface area contributed by atoms with Gasteiger partial charge in [-0.3, -0.25) is 19.2 Å². The van der Waals surface area contributed by atoms with Crippen molar-refractivity contribution < 1.29 is 23.9 Å². The minimum absolute atomic E-state index is 0.172. The van der Waals surface area contributed by atoms with Crippen molar-refractivity contribution in [2.75, 3.05) is 0 Å². The molecule has 0 aromatic heterocycles. The molecule has 1 fully saturated rings. The molecule has 2 atom stereocenters. The third kappa shape index (κ3) is 4.17. The number of Topliss-reactive ketones (excluding diaryl/α,β-unsaturated/α-hetero) is 3. The zero-order valence-corrected chi connectivity index (χ0v) is 17.2. The fourth-order valence-corrected chi connectivity index (χ4v) is 4.13. The number of ether oxygens (including phenoxy) is 1. The first kappa shape index (κ1) is 20.7. The monoisotopic (exact) mass is 414 g/mol. The molecule has 156 valence electrons. The van der Waals surface area contributed by atoms with Crippen LogP contribution in [0.5, 0.6) is 0 Å². The number of cyclic esters (lactones) is 1. The van der Waals surface area contributed by atoms with Crippen LogP contribution >= 0.6 is 0 Å². The highest BCUT2D eigenvalue weighted by Gasteiger charge is 2.47. The Morgan fingerprint density at radius 2 is 1.61 bits per heavy atom. The molecular formula is C26H22O5. The molecule has 5 nitrogen and oxygen atoms in total. The zero-order valence-electron chi connectivity index (χ0n) is 17.2. The third-order valence-corrected chi connectivity index (χ3v) is 5.73. The highest BCUT2D eigenvalue weighted by molar-refractivity contribution is 6.22. The first-order valence-electron chi connectivity index (χ1n) is 10.3. The molecule has 3 aromatic rings. The van der Waals surface area contributed by atoms with Crippen LogP contribution in [0.3, 0.4) is 0 Å². The molecule has 3 aromatic carbocycles. The van der Waals surface area contributed by atoms with Crippen molar-refractivity contribution in [3.63, 3.8) is 0 Å². The lowest BCUT2D eigenvalue weighted by molar-refractivity contribution is -0.146. The van der Waals surface area contributed by atoms with Crippen molar-refractivity contribution in [2.45, 2.75) is 32.3 Å². The minimum Gasteiger partial charge on any atom is -0.453 e. The second kappa shape index (κ2) is 8.64. The van der Waals surface area contributed by atoms with E-state index in [1.165, 1.54) is 6.92 Å². The summed E-state index contributed by atoms with van der Waals surface area (Å²) in [6, 6.07) is 20.5. The molecule has 1 aliphatic rings. The number of esters is 1. The van der Waals surface area contributed by atoms with Gasteiger partial charge >= 0.3 is 5.97 Å². The molecular weight excluding hydrogens is 392 g/mol. The van der Waals surface area contributed by atoms with Crippen LogP contribution in [-0.2, 0) is 32.0 Å². The van der Waals surface area contributed by atoms with Gasteiger partial charge in [0.25, 0.3) is 0 Å². The minimum atomic E-state index is -1.43. The van der Waals surface area contributed by atoms with E-state index < -0.39 is 29.6 Å². The number of rotatable bonds is 7. The van der Waals surface area contributed by atoms with Gasteiger partial charge in [-0.05, 0) is 41.7 Å². The Morgan fingerprint density at radius 3 is 2.35 bits per heavy atom. The van der Waals surface area contributed by atoms with E-state index in [1.54, 1.807) is 6.07 Å². The highest BCUT2D eigenvalue weighted by Crippen LogP contribution is 2.28. The lowest BCUT2D eigenvalue weighted by atomic mass is 9.88. The molecule has 4 rings (SSSR count). The third-order valence-electron chi connectivity index (χ3n) is 5.73. The number of hydrogen-bond acceptors (Lipinski definition) is 5. The van der Waals surface area contributed by atoms with Gasteiger partial charge in [-0.25, -0.2) is 0 Å². The molecule has 31 heavy (non-hydrogen) atoms. The van der Waals surface area contributed by atoms with Crippen molar-refractivity contribution in [2.24, 2.45) is 5.92 Å². The summed E-state index contributed by atoms with van der Waals surface area (Å²) < 4.78 is 5.26. The van der Waals surface area contributed by atoms with Crippen LogP contribution in [0.4, 0.5) is 0 Å². The van der Waals surface area contributed by atoms with Crippen LogP contribution in [0.15, 0.2) is 66.7 Å². The molecule has 2 unspecified atom stereocenters. The van der Waals surface area contributed by atoms with E-state index in [-0.39, 0.29) is 12.2 Å². The van der Waals surface area contributed by atoms with Crippen LogP contribution in [0.1, 0.15) is 34.8 Å². The second-order valence-corrected chi connectivity index (χ2v) is 7.80. The smallest absolute Gasteiger partial charge is 0.325 e. The number of fused-ring (bicyclic) bond motifs is 1. The molecule has 1 heterocycles. The van der Waals surface area contributed by atoms with E-state index in [2.05, 4.69) is 0 Å². The second-order valence-electron chi connectivity index (χ2n) is 7.80. The van der Waals surface area contributed by atoms with E-state index in [0.717, 1.165) is 16.3 Å². The molecule has 5 heteroatoms. The van der Waals surface area contributed by atoms with Gasteiger partial charge in [-0.15, -0.1) is 0 Å². The first-order valence-corrected chi connectivity index (χ1v) is 10.3. The van der Waals surface area contributed by atoms with Crippen LogP contribution < -0.4 is 0 Å². The predicted octanol–water partition coefficient (Wildman–Crippen LogP) is 3.90. The summed E-state index contributed by atoms with van der Waals surface area (Å²) in [5.74, 6) is -3.42. The van der Waals surface area contributed by atoms with Gasteiger partial charge in [0.15, 0.2) is 29.4 Å². The van der Waals surface area contributed by atoms with E-state index >= 15 is 0 Å². The summed E-state index contributed by atoms with van der Waals surface area (Å²) in [5.41, 5.74) is 2.00. The Hall–Kier alpha value is -3.60. The van der Waals surface area contributed by atoms with E-state index in [4.69, 9.17) is 4.74 Å². The maximum Gasteiger partial charge on any atom is 0.325 e. The first-order chi connectivity index (χ1) is 15.0. The van der Waals surface area contributed by atoms with Crippen LogP contribution in [0.25, 0.3) is 10.8 Å². The number of benzene rings is 3. The number of ketones is 3. The Kier molecular flexibility index (Phi) is 5.76. The average Bonchev–Trinajstić information content (AvgIpc) is 3.06. The molecule has 0 spiro atoms. The summed E-state index contributed by atoms with van der Waals surface area (Å²) in [6.07, 6.45) is -0.177. The number of hydrogen-bond donors (Lipinski definition) is 0. The fourth-order valence-electron chi connectivity index (χ4n) is 4.13. The Labute approximate surface area is 180 Å². The Morgan fingerprint density at radius 1 is 0.903 bits per heavy atom. The Balaban J connectivity index is 1.55.